The van der Waals surface area contributed by atoms with Gasteiger partial charge in [0.2, 0.25) is 5.95 Å². The van der Waals surface area contributed by atoms with Gasteiger partial charge in [-0.3, -0.25) is 0 Å². The van der Waals surface area contributed by atoms with Crippen LogP contribution in [0.4, 0.5) is 11.8 Å². The number of rotatable bonds is 3. The number of aromatic amines is 1. The van der Waals surface area contributed by atoms with Crippen LogP contribution < -0.4 is 11.1 Å². The number of nitrogens with zero attached hydrogens (tertiary/aromatic N) is 3. The highest BCUT2D eigenvalue weighted by Crippen LogP contribution is 2.29. The third-order valence-electron chi connectivity index (χ3n) is 3.77. The first-order chi connectivity index (χ1) is 8.74. The van der Waals surface area contributed by atoms with Gasteiger partial charge in [0.05, 0.1) is 6.33 Å². The quantitative estimate of drug-likeness (QED) is 0.769. The lowest BCUT2D eigenvalue weighted by Crippen LogP contribution is -2.24. The molecular formula is C12H18N6. The molecule has 0 amide bonds. The molecule has 96 valence electrons. The Morgan fingerprint density at radius 1 is 1.39 bits per heavy atom. The highest BCUT2D eigenvalue weighted by atomic mass is 15.1. The van der Waals surface area contributed by atoms with Crippen molar-refractivity contribution in [3.63, 3.8) is 0 Å². The molecule has 18 heavy (non-hydrogen) atoms. The van der Waals surface area contributed by atoms with Crippen molar-refractivity contribution >= 4 is 22.9 Å². The summed E-state index contributed by atoms with van der Waals surface area (Å²) < 4.78 is 0. The van der Waals surface area contributed by atoms with E-state index in [1.54, 1.807) is 6.33 Å². The zero-order chi connectivity index (χ0) is 12.5. The van der Waals surface area contributed by atoms with E-state index < -0.39 is 0 Å². The van der Waals surface area contributed by atoms with Crippen LogP contribution in [-0.2, 0) is 0 Å². The number of imidazole rings is 1. The summed E-state index contributed by atoms with van der Waals surface area (Å²) >= 11 is 0. The van der Waals surface area contributed by atoms with Crippen LogP contribution in [0.5, 0.6) is 0 Å². The number of nitrogens with one attached hydrogen (secondary N) is 2. The molecule has 1 aliphatic rings. The van der Waals surface area contributed by atoms with Gasteiger partial charge in [0.15, 0.2) is 11.5 Å². The third kappa shape index (κ3) is 1.98. The van der Waals surface area contributed by atoms with Crippen LogP contribution in [0.2, 0.25) is 0 Å². The number of anilines is 2. The first kappa shape index (κ1) is 11.3. The first-order valence-electron chi connectivity index (χ1n) is 6.47. The Morgan fingerprint density at radius 2 is 2.17 bits per heavy atom. The standard InChI is InChI=1S/C12H18N6/c1-7(8-4-2-3-5-8)16-11-9-10(15-6-14-9)17-12(13)18-11/h6-8H,2-5H2,1H3,(H4,13,14,15,16,17,18). The molecule has 1 atom stereocenters. The Kier molecular flexibility index (Phi) is 2.77. The summed E-state index contributed by atoms with van der Waals surface area (Å²) in [5, 5.41) is 3.45. The predicted molar refractivity (Wildman–Crippen MR) is 71.1 cm³/mol. The molecule has 1 fully saturated rings. The van der Waals surface area contributed by atoms with Gasteiger partial charge in [-0.25, -0.2) is 4.98 Å². The number of hydrogen-bond donors (Lipinski definition) is 3. The van der Waals surface area contributed by atoms with Crippen molar-refractivity contribution in [3.05, 3.63) is 6.33 Å². The number of aromatic nitrogens is 4. The number of nitrogen functional groups attached to an aromatic ring is 1. The van der Waals surface area contributed by atoms with E-state index in [1.165, 1.54) is 25.7 Å². The van der Waals surface area contributed by atoms with Gasteiger partial charge in [-0.2, -0.15) is 9.97 Å². The summed E-state index contributed by atoms with van der Waals surface area (Å²) in [7, 11) is 0. The van der Waals surface area contributed by atoms with Crippen molar-refractivity contribution in [1.29, 1.82) is 0 Å². The van der Waals surface area contributed by atoms with Crippen LogP contribution in [-0.4, -0.2) is 26.0 Å². The highest BCUT2D eigenvalue weighted by Gasteiger charge is 2.22. The molecule has 2 heterocycles. The molecule has 0 bridgehead atoms. The zero-order valence-electron chi connectivity index (χ0n) is 10.5. The number of hydrogen-bond acceptors (Lipinski definition) is 5. The lowest BCUT2D eigenvalue weighted by atomic mass is 10.00. The fourth-order valence-corrected chi connectivity index (χ4v) is 2.75. The van der Waals surface area contributed by atoms with E-state index >= 15 is 0 Å². The van der Waals surface area contributed by atoms with Crippen LogP contribution >= 0.6 is 0 Å². The molecule has 0 radical (unpaired) electrons. The Bertz CT molecular complexity index is 542. The van der Waals surface area contributed by atoms with Gasteiger partial charge in [0.1, 0.15) is 5.52 Å². The van der Waals surface area contributed by atoms with Gasteiger partial charge in [-0.05, 0) is 25.7 Å². The molecule has 0 saturated heterocycles. The van der Waals surface area contributed by atoms with Crippen molar-refractivity contribution in [3.8, 4) is 0 Å². The van der Waals surface area contributed by atoms with Gasteiger partial charge < -0.3 is 16.0 Å². The molecule has 1 saturated carbocycles. The normalized spacial score (nSPS) is 18.3. The van der Waals surface area contributed by atoms with Crippen LogP contribution in [0.1, 0.15) is 32.6 Å². The van der Waals surface area contributed by atoms with E-state index in [4.69, 9.17) is 5.73 Å². The second kappa shape index (κ2) is 4.44. The van der Waals surface area contributed by atoms with E-state index in [-0.39, 0.29) is 5.95 Å². The van der Waals surface area contributed by atoms with Crippen LogP contribution in [0.3, 0.4) is 0 Å². The van der Waals surface area contributed by atoms with Crippen molar-refractivity contribution in [1.82, 2.24) is 19.9 Å². The molecule has 6 heteroatoms. The van der Waals surface area contributed by atoms with E-state index in [2.05, 4.69) is 32.2 Å². The van der Waals surface area contributed by atoms with Gasteiger partial charge in [0, 0.05) is 6.04 Å². The lowest BCUT2D eigenvalue weighted by Gasteiger charge is -2.21. The van der Waals surface area contributed by atoms with E-state index in [9.17, 15) is 0 Å². The monoisotopic (exact) mass is 246 g/mol. The smallest absolute Gasteiger partial charge is 0.224 e. The molecule has 0 aromatic carbocycles. The van der Waals surface area contributed by atoms with Gasteiger partial charge in [0.25, 0.3) is 0 Å². The molecule has 3 rings (SSSR count). The summed E-state index contributed by atoms with van der Waals surface area (Å²) in [6.07, 6.45) is 6.87. The molecule has 2 aromatic rings. The van der Waals surface area contributed by atoms with Crippen LogP contribution in [0.15, 0.2) is 6.33 Å². The SMILES string of the molecule is CC(Nc1nc(N)nc2nc[nH]c12)C1CCCC1. The molecule has 4 N–H and O–H groups in total. The average molecular weight is 246 g/mol. The van der Waals surface area contributed by atoms with Crippen molar-refractivity contribution in [2.45, 2.75) is 38.6 Å². The minimum absolute atomic E-state index is 0.260. The van der Waals surface area contributed by atoms with E-state index in [0.717, 1.165) is 17.3 Å². The van der Waals surface area contributed by atoms with Crippen molar-refractivity contribution < 1.29 is 0 Å². The van der Waals surface area contributed by atoms with Gasteiger partial charge in [-0.1, -0.05) is 12.8 Å². The lowest BCUT2D eigenvalue weighted by molar-refractivity contribution is 0.481. The first-order valence-corrected chi connectivity index (χ1v) is 6.47. The number of H-pyrrole nitrogens is 1. The minimum Gasteiger partial charge on any atom is -0.368 e. The maximum Gasteiger partial charge on any atom is 0.224 e. The fourth-order valence-electron chi connectivity index (χ4n) is 2.75. The van der Waals surface area contributed by atoms with E-state index in [0.29, 0.717) is 11.7 Å². The Labute approximate surface area is 105 Å². The fraction of sp³-hybridized carbons (Fsp3) is 0.583. The van der Waals surface area contributed by atoms with Crippen LogP contribution in [0, 0.1) is 5.92 Å². The molecule has 1 aliphatic carbocycles. The Balaban J connectivity index is 1.86. The maximum atomic E-state index is 5.70. The predicted octanol–water partition coefficient (Wildman–Crippen LogP) is 1.93. The molecule has 6 nitrogen and oxygen atoms in total. The molecule has 1 unspecified atom stereocenters. The Hall–Kier alpha value is -1.85. The second-order valence-electron chi connectivity index (χ2n) is 5.01. The van der Waals surface area contributed by atoms with Gasteiger partial charge in [-0.15, -0.1) is 0 Å². The molecule has 0 spiro atoms. The highest BCUT2D eigenvalue weighted by molar-refractivity contribution is 5.83. The third-order valence-corrected chi connectivity index (χ3v) is 3.77. The largest absolute Gasteiger partial charge is 0.368 e. The minimum atomic E-state index is 0.260. The average Bonchev–Trinajstić information content (AvgIpc) is 2.98. The summed E-state index contributed by atoms with van der Waals surface area (Å²) in [6, 6.07) is 0.397. The van der Waals surface area contributed by atoms with Gasteiger partial charge >= 0.3 is 0 Å². The van der Waals surface area contributed by atoms with Crippen LogP contribution in [0.25, 0.3) is 11.2 Å². The summed E-state index contributed by atoms with van der Waals surface area (Å²) in [6.45, 7) is 2.20. The second-order valence-corrected chi connectivity index (χ2v) is 5.01. The maximum absolute atomic E-state index is 5.70. The van der Waals surface area contributed by atoms with E-state index in [1.807, 2.05) is 0 Å². The zero-order valence-corrected chi connectivity index (χ0v) is 10.5. The molecule has 0 aliphatic heterocycles. The van der Waals surface area contributed by atoms with Crippen molar-refractivity contribution in [2.75, 3.05) is 11.1 Å². The van der Waals surface area contributed by atoms with Crippen molar-refractivity contribution in [2.24, 2.45) is 5.92 Å². The number of nitrogens with two attached hydrogens (primary N) is 1. The summed E-state index contributed by atoms with van der Waals surface area (Å²) in [4.78, 5) is 15.5. The number of fused-ring (bicyclic) bond motifs is 1. The topological polar surface area (TPSA) is 92.5 Å². The summed E-state index contributed by atoms with van der Waals surface area (Å²) in [5.74, 6) is 1.74. The molecule has 2 aromatic heterocycles. The molecular weight excluding hydrogens is 228 g/mol. The summed E-state index contributed by atoms with van der Waals surface area (Å²) in [5.41, 5.74) is 7.14. The Morgan fingerprint density at radius 3 is 2.94 bits per heavy atom.